The molecule has 47 heavy (non-hydrogen) atoms. The Morgan fingerprint density at radius 1 is 0.553 bits per heavy atom. The van der Waals surface area contributed by atoms with Crippen molar-refractivity contribution in [1.82, 2.24) is 0 Å². The summed E-state index contributed by atoms with van der Waals surface area (Å²) in [4.78, 5) is 28.3. The van der Waals surface area contributed by atoms with Gasteiger partial charge in [-0.2, -0.15) is 0 Å². The normalized spacial score (nSPS) is 10.5. The summed E-state index contributed by atoms with van der Waals surface area (Å²) in [5, 5.41) is 60.8. The standard InChI is InChI=1S/2C15H14N2O6.Mn/c2*1-22-14-5-9(13(19)7-15(14)23-2)8-16-11-6-10(17(20)21)3-4-12(11)18;/h2*3-8,18-19H,1-2H3;. The summed E-state index contributed by atoms with van der Waals surface area (Å²) in [6.45, 7) is 0. The number of aromatic hydroxyl groups is 4. The van der Waals surface area contributed by atoms with Crippen molar-refractivity contribution in [3.8, 4) is 46.0 Å². The second kappa shape index (κ2) is 16.9. The van der Waals surface area contributed by atoms with Crippen LogP contribution in [0.4, 0.5) is 22.7 Å². The Kier molecular flexibility index (Phi) is 13.3. The summed E-state index contributed by atoms with van der Waals surface area (Å²) in [6, 6.07) is 12.6. The molecule has 0 unspecified atom stereocenters. The summed E-state index contributed by atoms with van der Waals surface area (Å²) in [7, 11) is 5.77. The summed E-state index contributed by atoms with van der Waals surface area (Å²) in [6.07, 6.45) is 2.52. The molecule has 0 saturated heterocycles. The molecule has 0 aromatic heterocycles. The summed E-state index contributed by atoms with van der Waals surface area (Å²) < 4.78 is 20.3. The number of phenolic OH excluding ortho intramolecular Hbond substituents is 4. The number of non-ortho nitro benzene ring substituents is 2. The molecule has 0 spiro atoms. The molecule has 247 valence electrons. The molecular weight excluding hydrogens is 663 g/mol. The van der Waals surface area contributed by atoms with E-state index in [1.807, 2.05) is 0 Å². The van der Waals surface area contributed by atoms with Crippen LogP contribution in [0.3, 0.4) is 0 Å². The van der Waals surface area contributed by atoms with Gasteiger partial charge in [-0.1, -0.05) is 0 Å². The van der Waals surface area contributed by atoms with Crippen LogP contribution in [0.15, 0.2) is 70.6 Å². The molecule has 0 heterocycles. The van der Waals surface area contributed by atoms with Gasteiger partial charge in [-0.15, -0.1) is 0 Å². The maximum absolute atomic E-state index is 10.7. The van der Waals surface area contributed by atoms with E-state index in [4.69, 9.17) is 18.9 Å². The Morgan fingerprint density at radius 2 is 0.872 bits per heavy atom. The van der Waals surface area contributed by atoms with E-state index in [2.05, 4.69) is 9.98 Å². The minimum absolute atomic E-state index is 0. The first kappa shape index (κ1) is 37.1. The van der Waals surface area contributed by atoms with Crippen LogP contribution in [-0.4, -0.2) is 71.1 Å². The first-order valence-corrected chi connectivity index (χ1v) is 12.8. The minimum Gasteiger partial charge on any atom is -0.507 e. The van der Waals surface area contributed by atoms with Crippen LogP contribution in [0.25, 0.3) is 0 Å². The van der Waals surface area contributed by atoms with E-state index in [0.29, 0.717) is 34.1 Å². The number of hydrogen-bond acceptors (Lipinski definition) is 14. The Hall–Kier alpha value is -6.06. The number of hydrogen-bond donors (Lipinski definition) is 4. The molecule has 0 amide bonds. The van der Waals surface area contributed by atoms with Gasteiger partial charge in [0.05, 0.1) is 38.3 Å². The fourth-order valence-electron chi connectivity index (χ4n) is 3.71. The Labute approximate surface area is 277 Å². The van der Waals surface area contributed by atoms with E-state index in [0.717, 1.165) is 12.1 Å². The van der Waals surface area contributed by atoms with Crippen molar-refractivity contribution in [2.75, 3.05) is 28.4 Å². The number of ether oxygens (including phenoxy) is 4. The van der Waals surface area contributed by atoms with Gasteiger partial charge in [0.25, 0.3) is 11.4 Å². The van der Waals surface area contributed by atoms with Crippen LogP contribution in [0, 0.1) is 20.2 Å². The zero-order valence-electron chi connectivity index (χ0n) is 25.1. The Balaban J connectivity index is 0.000000320. The zero-order valence-corrected chi connectivity index (χ0v) is 26.3. The van der Waals surface area contributed by atoms with Crippen LogP contribution in [0.5, 0.6) is 46.0 Å². The number of nitro benzene ring substituents is 2. The third-order valence-corrected chi connectivity index (χ3v) is 6.09. The molecule has 4 N–H and O–H groups in total. The van der Waals surface area contributed by atoms with Gasteiger partial charge in [-0.3, -0.25) is 30.2 Å². The molecule has 0 bridgehead atoms. The fourth-order valence-corrected chi connectivity index (χ4v) is 3.71. The van der Waals surface area contributed by atoms with Gasteiger partial charge in [0, 0.05) is 77.0 Å². The largest absolute Gasteiger partial charge is 0.507 e. The van der Waals surface area contributed by atoms with E-state index >= 15 is 0 Å². The predicted octanol–water partition coefficient (Wildman–Crippen LogP) is 5.55. The van der Waals surface area contributed by atoms with E-state index < -0.39 is 9.85 Å². The quantitative estimate of drug-likeness (QED) is 0.0695. The van der Waals surface area contributed by atoms with Crippen molar-refractivity contribution in [2.45, 2.75) is 0 Å². The predicted molar refractivity (Wildman–Crippen MR) is 166 cm³/mol. The van der Waals surface area contributed by atoms with Gasteiger partial charge in [0.1, 0.15) is 34.4 Å². The molecule has 0 aliphatic rings. The van der Waals surface area contributed by atoms with Crippen molar-refractivity contribution in [2.24, 2.45) is 9.98 Å². The van der Waals surface area contributed by atoms with E-state index in [1.165, 1.54) is 89.4 Å². The zero-order chi connectivity index (χ0) is 34.0. The summed E-state index contributed by atoms with van der Waals surface area (Å²) >= 11 is 0. The monoisotopic (exact) mass is 691 g/mol. The summed E-state index contributed by atoms with van der Waals surface area (Å²) in [5.41, 5.74) is 0.210. The average molecular weight is 692 g/mol. The number of nitrogens with zero attached hydrogens (tertiary/aromatic N) is 4. The van der Waals surface area contributed by atoms with Gasteiger partial charge >= 0.3 is 0 Å². The van der Waals surface area contributed by atoms with E-state index in [-0.39, 0.29) is 62.8 Å². The number of phenols is 4. The third-order valence-electron chi connectivity index (χ3n) is 6.09. The maximum Gasteiger partial charge on any atom is 0.271 e. The third kappa shape index (κ3) is 9.46. The van der Waals surface area contributed by atoms with E-state index in [1.54, 1.807) is 0 Å². The molecule has 0 aliphatic carbocycles. The fraction of sp³-hybridized carbons (Fsp3) is 0.133. The van der Waals surface area contributed by atoms with Gasteiger partial charge in [0.2, 0.25) is 0 Å². The van der Waals surface area contributed by atoms with Crippen molar-refractivity contribution in [1.29, 1.82) is 0 Å². The Morgan fingerprint density at radius 3 is 1.17 bits per heavy atom. The number of nitro groups is 2. The molecule has 0 atom stereocenters. The first-order valence-electron chi connectivity index (χ1n) is 12.8. The SMILES string of the molecule is COc1cc(O)c(C=Nc2cc([N+](=O)[O-])ccc2O)cc1OC.COc1cc(O)c(C=Nc2cc([N+](=O)[O-])ccc2O)cc1OC.[Mn]. The minimum atomic E-state index is -0.591. The molecule has 16 nitrogen and oxygen atoms in total. The number of aliphatic imine (C=N–C) groups is 2. The van der Waals surface area contributed by atoms with Crippen molar-refractivity contribution < 1.29 is 66.3 Å². The first-order chi connectivity index (χ1) is 21.9. The molecule has 4 rings (SSSR count). The maximum atomic E-state index is 10.7. The molecule has 0 saturated carbocycles. The average Bonchev–Trinajstić information content (AvgIpc) is 3.04. The van der Waals surface area contributed by atoms with Gasteiger partial charge in [-0.05, 0) is 24.3 Å². The molecule has 17 heteroatoms. The Bertz CT molecular complexity index is 1680. The van der Waals surface area contributed by atoms with Crippen molar-refractivity contribution in [3.63, 3.8) is 0 Å². The van der Waals surface area contributed by atoms with Crippen LogP contribution in [-0.2, 0) is 17.1 Å². The smallest absolute Gasteiger partial charge is 0.271 e. The second-order valence-electron chi connectivity index (χ2n) is 8.91. The molecule has 0 fully saturated rings. The van der Waals surface area contributed by atoms with Crippen molar-refractivity contribution >= 4 is 35.2 Å². The number of benzene rings is 4. The summed E-state index contributed by atoms with van der Waals surface area (Å²) in [5.74, 6) is 0.803. The van der Waals surface area contributed by atoms with Gasteiger partial charge in [0.15, 0.2) is 23.0 Å². The van der Waals surface area contributed by atoms with Gasteiger partial charge in [-0.25, -0.2) is 0 Å². The number of rotatable bonds is 10. The second-order valence-corrected chi connectivity index (χ2v) is 8.91. The van der Waals surface area contributed by atoms with Crippen molar-refractivity contribution in [3.05, 3.63) is 92.0 Å². The molecule has 4 aromatic rings. The topological polar surface area (TPSA) is 229 Å². The van der Waals surface area contributed by atoms with Crippen LogP contribution in [0.2, 0.25) is 0 Å². The molecule has 1 radical (unpaired) electrons. The van der Waals surface area contributed by atoms with Crippen LogP contribution in [0.1, 0.15) is 11.1 Å². The molecule has 0 aliphatic heterocycles. The van der Waals surface area contributed by atoms with Gasteiger partial charge < -0.3 is 39.4 Å². The molecular formula is C30H28MnN4O12. The van der Waals surface area contributed by atoms with Crippen LogP contribution >= 0.6 is 0 Å². The molecule has 4 aromatic carbocycles. The van der Waals surface area contributed by atoms with E-state index in [9.17, 15) is 40.7 Å². The van der Waals surface area contributed by atoms with Crippen LogP contribution < -0.4 is 18.9 Å². The number of methoxy groups -OCH3 is 4.